The molecule has 0 saturated heterocycles. The van der Waals surface area contributed by atoms with Crippen molar-refractivity contribution in [1.82, 2.24) is 25.1 Å². The van der Waals surface area contributed by atoms with Crippen molar-refractivity contribution in [2.45, 2.75) is 34.1 Å². The van der Waals surface area contributed by atoms with Crippen molar-refractivity contribution in [2.75, 3.05) is 11.9 Å². The lowest BCUT2D eigenvalue weighted by atomic mass is 10.2. The summed E-state index contributed by atoms with van der Waals surface area (Å²) in [5, 5.41) is 9.60. The van der Waals surface area contributed by atoms with Crippen LogP contribution in [0.5, 0.6) is 0 Å². The van der Waals surface area contributed by atoms with E-state index in [4.69, 9.17) is 0 Å². The highest BCUT2D eigenvalue weighted by Gasteiger charge is 2.14. The number of carbonyl (C=O) groups excluding carboxylic acids is 1. The lowest BCUT2D eigenvalue weighted by molar-refractivity contribution is 0.252. The summed E-state index contributed by atoms with van der Waals surface area (Å²) < 4.78 is 1.42. The number of nitrogens with one attached hydrogen (secondary N) is 3. The molecule has 118 valence electrons. The number of hydrogen-bond acceptors (Lipinski definition) is 4. The second kappa shape index (κ2) is 6.42. The SMILES string of the molecule is CCNC(=O)Nc1cc(C)nn1-c1nc(C)c(CC)c(=O)[nH]1. The molecular formula is C14H20N6O2. The molecule has 0 radical (unpaired) electrons. The largest absolute Gasteiger partial charge is 0.338 e. The number of rotatable bonds is 4. The molecule has 22 heavy (non-hydrogen) atoms. The number of H-pyrrole nitrogens is 1. The number of aryl methyl sites for hydroxylation is 2. The van der Waals surface area contributed by atoms with Crippen molar-refractivity contribution in [3.05, 3.63) is 33.4 Å². The first-order chi connectivity index (χ1) is 10.5. The van der Waals surface area contributed by atoms with E-state index in [2.05, 4.69) is 25.7 Å². The quantitative estimate of drug-likeness (QED) is 0.791. The van der Waals surface area contributed by atoms with Crippen LogP contribution in [0.3, 0.4) is 0 Å². The fourth-order valence-corrected chi connectivity index (χ4v) is 2.18. The fraction of sp³-hybridized carbons (Fsp3) is 0.429. The highest BCUT2D eigenvalue weighted by Crippen LogP contribution is 2.14. The molecule has 0 fully saturated rings. The van der Waals surface area contributed by atoms with E-state index in [-0.39, 0.29) is 17.5 Å². The molecule has 2 rings (SSSR count). The zero-order valence-electron chi connectivity index (χ0n) is 13.1. The maximum absolute atomic E-state index is 12.1. The third kappa shape index (κ3) is 3.16. The predicted molar refractivity (Wildman–Crippen MR) is 83.5 cm³/mol. The molecule has 2 amide bonds. The van der Waals surface area contributed by atoms with E-state index in [1.807, 2.05) is 13.8 Å². The topological polar surface area (TPSA) is 105 Å². The lowest BCUT2D eigenvalue weighted by Gasteiger charge is -2.10. The van der Waals surface area contributed by atoms with Gasteiger partial charge < -0.3 is 5.32 Å². The van der Waals surface area contributed by atoms with Gasteiger partial charge >= 0.3 is 6.03 Å². The molecule has 0 bridgehead atoms. The molecular weight excluding hydrogens is 284 g/mol. The Labute approximate surface area is 128 Å². The van der Waals surface area contributed by atoms with Crippen LogP contribution in [0.4, 0.5) is 10.6 Å². The standard InChI is InChI=1S/C14H20N6O2/c1-5-10-9(4)16-13(18-12(10)21)20-11(7-8(3)19-20)17-14(22)15-6-2/h7H,5-6H2,1-4H3,(H2,15,17,22)(H,16,18,21). The van der Waals surface area contributed by atoms with Crippen molar-refractivity contribution in [3.8, 4) is 5.95 Å². The average Bonchev–Trinajstić information content (AvgIpc) is 2.79. The van der Waals surface area contributed by atoms with Gasteiger partial charge in [0.05, 0.1) is 5.69 Å². The number of aromatic nitrogens is 4. The van der Waals surface area contributed by atoms with Gasteiger partial charge in [-0.1, -0.05) is 6.92 Å². The first-order valence-corrected chi connectivity index (χ1v) is 7.17. The monoisotopic (exact) mass is 304 g/mol. The Morgan fingerprint density at radius 2 is 2.09 bits per heavy atom. The molecule has 2 aromatic rings. The number of nitrogens with zero attached hydrogens (tertiary/aromatic N) is 3. The minimum Gasteiger partial charge on any atom is -0.338 e. The second-order valence-corrected chi connectivity index (χ2v) is 4.87. The smallest absolute Gasteiger partial charge is 0.320 e. The molecule has 0 saturated carbocycles. The zero-order chi connectivity index (χ0) is 16.3. The Bertz CT molecular complexity index is 746. The molecule has 2 heterocycles. The summed E-state index contributed by atoms with van der Waals surface area (Å²) in [6.45, 7) is 7.82. The molecule has 2 aromatic heterocycles. The Hall–Kier alpha value is -2.64. The van der Waals surface area contributed by atoms with Gasteiger partial charge in [-0.25, -0.2) is 9.78 Å². The van der Waals surface area contributed by atoms with Crippen LogP contribution in [-0.4, -0.2) is 32.3 Å². The van der Waals surface area contributed by atoms with Gasteiger partial charge in [0.2, 0.25) is 5.95 Å². The maximum Gasteiger partial charge on any atom is 0.320 e. The summed E-state index contributed by atoms with van der Waals surface area (Å²) in [5.41, 5.74) is 1.80. The minimum absolute atomic E-state index is 0.192. The summed E-state index contributed by atoms with van der Waals surface area (Å²) in [5.74, 6) is 0.717. The van der Waals surface area contributed by atoms with E-state index < -0.39 is 0 Å². The number of hydrogen-bond donors (Lipinski definition) is 3. The number of amides is 2. The summed E-state index contributed by atoms with van der Waals surface area (Å²) in [6.07, 6.45) is 0.608. The summed E-state index contributed by atoms with van der Waals surface area (Å²) in [7, 11) is 0. The Balaban J connectivity index is 2.45. The first kappa shape index (κ1) is 15.7. The highest BCUT2D eigenvalue weighted by atomic mass is 16.2. The molecule has 0 aliphatic heterocycles. The molecule has 0 aliphatic carbocycles. The zero-order valence-corrected chi connectivity index (χ0v) is 13.1. The van der Waals surface area contributed by atoms with Crippen molar-refractivity contribution in [2.24, 2.45) is 0 Å². The first-order valence-electron chi connectivity index (χ1n) is 7.17. The molecule has 0 spiro atoms. The number of aromatic amines is 1. The van der Waals surface area contributed by atoms with E-state index in [0.717, 1.165) is 0 Å². The normalized spacial score (nSPS) is 10.5. The van der Waals surface area contributed by atoms with Crippen LogP contribution in [0, 0.1) is 13.8 Å². The van der Waals surface area contributed by atoms with Crippen molar-refractivity contribution in [1.29, 1.82) is 0 Å². The average molecular weight is 304 g/mol. The van der Waals surface area contributed by atoms with Crippen LogP contribution in [-0.2, 0) is 6.42 Å². The summed E-state index contributed by atoms with van der Waals surface area (Å²) >= 11 is 0. The molecule has 0 unspecified atom stereocenters. The van der Waals surface area contributed by atoms with Crippen molar-refractivity contribution < 1.29 is 4.79 Å². The molecule has 0 aliphatic rings. The van der Waals surface area contributed by atoms with E-state index >= 15 is 0 Å². The van der Waals surface area contributed by atoms with Gasteiger partial charge in [-0.15, -0.1) is 0 Å². The Morgan fingerprint density at radius 1 is 1.36 bits per heavy atom. The maximum atomic E-state index is 12.1. The van der Waals surface area contributed by atoms with Crippen molar-refractivity contribution >= 4 is 11.8 Å². The van der Waals surface area contributed by atoms with Gasteiger partial charge in [0, 0.05) is 23.9 Å². The molecule has 8 nitrogen and oxygen atoms in total. The van der Waals surface area contributed by atoms with Gasteiger partial charge in [-0.2, -0.15) is 9.78 Å². The van der Waals surface area contributed by atoms with Crippen LogP contribution in [0.15, 0.2) is 10.9 Å². The van der Waals surface area contributed by atoms with Gasteiger partial charge in [-0.05, 0) is 27.2 Å². The Morgan fingerprint density at radius 3 is 2.68 bits per heavy atom. The van der Waals surface area contributed by atoms with Crippen LogP contribution in [0.25, 0.3) is 5.95 Å². The third-order valence-corrected chi connectivity index (χ3v) is 3.17. The lowest BCUT2D eigenvalue weighted by Crippen LogP contribution is -2.29. The van der Waals surface area contributed by atoms with Gasteiger partial charge in [-0.3, -0.25) is 15.1 Å². The predicted octanol–water partition coefficient (Wildman–Crippen LogP) is 1.28. The van der Waals surface area contributed by atoms with E-state index in [1.165, 1.54) is 4.68 Å². The van der Waals surface area contributed by atoms with E-state index in [9.17, 15) is 9.59 Å². The summed E-state index contributed by atoms with van der Waals surface area (Å²) in [4.78, 5) is 30.8. The van der Waals surface area contributed by atoms with E-state index in [0.29, 0.717) is 35.7 Å². The molecule has 8 heteroatoms. The second-order valence-electron chi connectivity index (χ2n) is 4.87. The van der Waals surface area contributed by atoms with Crippen LogP contribution < -0.4 is 16.2 Å². The van der Waals surface area contributed by atoms with Gasteiger partial charge in [0.1, 0.15) is 5.82 Å². The van der Waals surface area contributed by atoms with Crippen LogP contribution in [0.2, 0.25) is 0 Å². The summed E-state index contributed by atoms with van der Waals surface area (Å²) in [6, 6.07) is 1.37. The fourth-order valence-electron chi connectivity index (χ4n) is 2.18. The van der Waals surface area contributed by atoms with E-state index in [1.54, 1.807) is 19.9 Å². The van der Waals surface area contributed by atoms with Crippen LogP contribution >= 0.6 is 0 Å². The molecule has 0 atom stereocenters. The van der Waals surface area contributed by atoms with Crippen molar-refractivity contribution in [3.63, 3.8) is 0 Å². The van der Waals surface area contributed by atoms with Gasteiger partial charge in [0.15, 0.2) is 0 Å². The number of carbonyl (C=O) groups is 1. The Kier molecular flexibility index (Phi) is 4.59. The minimum atomic E-state index is -0.340. The number of anilines is 1. The molecule has 3 N–H and O–H groups in total. The van der Waals surface area contributed by atoms with Gasteiger partial charge in [0.25, 0.3) is 5.56 Å². The molecule has 0 aromatic carbocycles. The highest BCUT2D eigenvalue weighted by molar-refractivity contribution is 5.88. The van der Waals surface area contributed by atoms with Crippen LogP contribution in [0.1, 0.15) is 30.8 Å². The third-order valence-electron chi connectivity index (χ3n) is 3.17. The number of urea groups is 1.